The molecule has 1 aliphatic rings. The smallest absolute Gasteiger partial charge is 0.119 e. The maximum atomic E-state index is 5.97. The summed E-state index contributed by atoms with van der Waals surface area (Å²) >= 11 is 5.97. The molecule has 2 rings (SSSR count). The van der Waals surface area contributed by atoms with Gasteiger partial charge in [0, 0.05) is 5.02 Å². The Kier molecular flexibility index (Phi) is 4.75. The average molecular weight is 283 g/mol. The van der Waals surface area contributed by atoms with Gasteiger partial charge in [-0.3, -0.25) is 0 Å². The van der Waals surface area contributed by atoms with Crippen molar-refractivity contribution in [1.82, 2.24) is 0 Å². The van der Waals surface area contributed by atoms with Gasteiger partial charge in [0.1, 0.15) is 5.75 Å². The van der Waals surface area contributed by atoms with Crippen LogP contribution in [-0.2, 0) is 4.74 Å². The molecule has 1 unspecified atom stereocenters. The van der Waals surface area contributed by atoms with Crippen LogP contribution >= 0.6 is 11.6 Å². The van der Waals surface area contributed by atoms with Crippen molar-refractivity contribution in [2.75, 3.05) is 6.61 Å². The largest absolute Gasteiger partial charge is 0.494 e. The SMILES string of the molecule is Cc1cc(OCCCCCC2OC2(C)C)ccc1Cl. The van der Waals surface area contributed by atoms with Crippen molar-refractivity contribution in [2.24, 2.45) is 0 Å². The predicted molar refractivity (Wildman–Crippen MR) is 79.1 cm³/mol. The highest BCUT2D eigenvalue weighted by Gasteiger charge is 2.46. The van der Waals surface area contributed by atoms with Gasteiger partial charge in [-0.15, -0.1) is 0 Å². The van der Waals surface area contributed by atoms with Crippen molar-refractivity contribution >= 4 is 11.6 Å². The third-order valence-corrected chi connectivity index (χ3v) is 4.10. The van der Waals surface area contributed by atoms with Crippen LogP contribution in [0.2, 0.25) is 5.02 Å². The molecule has 0 amide bonds. The van der Waals surface area contributed by atoms with Crippen LogP contribution in [-0.4, -0.2) is 18.3 Å². The lowest BCUT2D eigenvalue weighted by Gasteiger charge is -2.07. The van der Waals surface area contributed by atoms with Gasteiger partial charge in [-0.25, -0.2) is 0 Å². The summed E-state index contributed by atoms with van der Waals surface area (Å²) in [5.41, 5.74) is 1.20. The minimum absolute atomic E-state index is 0.136. The van der Waals surface area contributed by atoms with Gasteiger partial charge in [-0.05, 0) is 63.8 Å². The Hall–Kier alpha value is -0.730. The third kappa shape index (κ3) is 4.39. The van der Waals surface area contributed by atoms with E-state index < -0.39 is 0 Å². The van der Waals surface area contributed by atoms with Crippen molar-refractivity contribution < 1.29 is 9.47 Å². The molecule has 1 heterocycles. The topological polar surface area (TPSA) is 21.8 Å². The summed E-state index contributed by atoms with van der Waals surface area (Å²) in [6, 6.07) is 5.80. The molecule has 1 fully saturated rings. The van der Waals surface area contributed by atoms with Gasteiger partial charge in [0.25, 0.3) is 0 Å². The Morgan fingerprint density at radius 3 is 2.63 bits per heavy atom. The number of rotatable bonds is 7. The highest BCUT2D eigenvalue weighted by atomic mass is 35.5. The minimum Gasteiger partial charge on any atom is -0.494 e. The molecule has 0 aliphatic carbocycles. The Balaban J connectivity index is 1.55. The van der Waals surface area contributed by atoms with Gasteiger partial charge in [-0.1, -0.05) is 18.0 Å². The molecule has 0 spiro atoms. The number of benzene rings is 1. The highest BCUT2D eigenvalue weighted by Crippen LogP contribution is 2.38. The molecule has 1 aliphatic heterocycles. The van der Waals surface area contributed by atoms with Crippen LogP contribution in [0.4, 0.5) is 0 Å². The van der Waals surface area contributed by atoms with E-state index in [1.807, 2.05) is 25.1 Å². The van der Waals surface area contributed by atoms with E-state index in [4.69, 9.17) is 21.1 Å². The maximum absolute atomic E-state index is 5.97. The van der Waals surface area contributed by atoms with Crippen molar-refractivity contribution in [3.63, 3.8) is 0 Å². The third-order valence-electron chi connectivity index (χ3n) is 3.67. The van der Waals surface area contributed by atoms with Gasteiger partial charge in [-0.2, -0.15) is 0 Å². The average Bonchev–Trinajstić information content (AvgIpc) is 2.96. The van der Waals surface area contributed by atoms with E-state index in [9.17, 15) is 0 Å². The van der Waals surface area contributed by atoms with Crippen molar-refractivity contribution in [2.45, 2.75) is 58.2 Å². The zero-order valence-corrected chi connectivity index (χ0v) is 12.8. The highest BCUT2D eigenvalue weighted by molar-refractivity contribution is 6.31. The lowest BCUT2D eigenvalue weighted by molar-refractivity contribution is 0.298. The van der Waals surface area contributed by atoms with E-state index >= 15 is 0 Å². The van der Waals surface area contributed by atoms with Crippen LogP contribution in [0.1, 0.15) is 45.1 Å². The van der Waals surface area contributed by atoms with Crippen molar-refractivity contribution in [1.29, 1.82) is 0 Å². The molecule has 19 heavy (non-hydrogen) atoms. The molecule has 3 heteroatoms. The first-order valence-corrected chi connectivity index (χ1v) is 7.43. The van der Waals surface area contributed by atoms with Crippen molar-refractivity contribution in [3.8, 4) is 5.75 Å². The summed E-state index contributed by atoms with van der Waals surface area (Å²) in [6.07, 6.45) is 5.16. The van der Waals surface area contributed by atoms with Gasteiger partial charge in [0.05, 0.1) is 18.3 Å². The minimum atomic E-state index is 0.136. The van der Waals surface area contributed by atoms with Crippen LogP contribution in [0.5, 0.6) is 5.75 Å². The van der Waals surface area contributed by atoms with Crippen molar-refractivity contribution in [3.05, 3.63) is 28.8 Å². The van der Waals surface area contributed by atoms with E-state index in [-0.39, 0.29) is 5.60 Å². The van der Waals surface area contributed by atoms with E-state index in [0.717, 1.165) is 29.4 Å². The fraction of sp³-hybridized carbons (Fsp3) is 0.625. The first-order chi connectivity index (χ1) is 8.99. The first-order valence-electron chi connectivity index (χ1n) is 7.06. The lowest BCUT2D eigenvalue weighted by atomic mass is 10.0. The van der Waals surface area contributed by atoms with Crippen LogP contribution in [0.25, 0.3) is 0 Å². The second-order valence-electron chi connectivity index (χ2n) is 5.82. The number of unbranched alkanes of at least 4 members (excludes halogenated alkanes) is 2. The molecule has 0 bridgehead atoms. The summed E-state index contributed by atoms with van der Waals surface area (Å²) in [6.45, 7) is 7.08. The predicted octanol–water partition coefficient (Wildman–Crippen LogP) is 4.77. The molecule has 0 N–H and O–H groups in total. The summed E-state index contributed by atoms with van der Waals surface area (Å²) in [7, 11) is 0. The van der Waals surface area contributed by atoms with Crippen LogP contribution in [0, 0.1) is 6.92 Å². The summed E-state index contributed by atoms with van der Waals surface area (Å²) in [5.74, 6) is 0.911. The molecule has 2 nitrogen and oxygen atoms in total. The number of halogens is 1. The molecule has 106 valence electrons. The van der Waals surface area contributed by atoms with E-state index in [2.05, 4.69) is 13.8 Å². The second-order valence-corrected chi connectivity index (χ2v) is 6.23. The Morgan fingerprint density at radius 1 is 1.26 bits per heavy atom. The number of ether oxygens (including phenoxy) is 2. The van der Waals surface area contributed by atoms with Crippen LogP contribution in [0.15, 0.2) is 18.2 Å². The summed E-state index contributed by atoms with van der Waals surface area (Å²) < 4.78 is 11.3. The molecule has 1 atom stereocenters. The van der Waals surface area contributed by atoms with Gasteiger partial charge in [0.2, 0.25) is 0 Å². The zero-order valence-electron chi connectivity index (χ0n) is 12.0. The Labute approximate surface area is 121 Å². The van der Waals surface area contributed by atoms with E-state index in [1.165, 1.54) is 19.3 Å². The Morgan fingerprint density at radius 2 is 2.00 bits per heavy atom. The monoisotopic (exact) mass is 282 g/mol. The molecule has 1 aromatic rings. The second kappa shape index (κ2) is 6.15. The molecule has 0 radical (unpaired) electrons. The number of epoxide rings is 1. The fourth-order valence-electron chi connectivity index (χ4n) is 2.24. The van der Waals surface area contributed by atoms with Crippen LogP contribution in [0.3, 0.4) is 0 Å². The normalized spacial score (nSPS) is 20.3. The molecule has 0 saturated carbocycles. The van der Waals surface area contributed by atoms with Gasteiger partial charge >= 0.3 is 0 Å². The molecule has 1 saturated heterocycles. The molecular weight excluding hydrogens is 260 g/mol. The van der Waals surface area contributed by atoms with E-state index in [0.29, 0.717) is 6.10 Å². The van der Waals surface area contributed by atoms with E-state index in [1.54, 1.807) is 0 Å². The maximum Gasteiger partial charge on any atom is 0.119 e. The molecule has 1 aromatic carbocycles. The molecular formula is C16H23ClO2. The standard InChI is InChI=1S/C16H23ClO2/c1-12-11-13(8-9-14(12)17)18-10-6-4-5-7-15-16(2,3)19-15/h8-9,11,15H,4-7,10H2,1-3H3. The first kappa shape index (κ1) is 14.7. The molecule has 0 aromatic heterocycles. The summed E-state index contributed by atoms with van der Waals surface area (Å²) in [4.78, 5) is 0. The zero-order chi connectivity index (χ0) is 13.9. The number of hydrogen-bond acceptors (Lipinski definition) is 2. The Bertz CT molecular complexity index is 429. The summed E-state index contributed by atoms with van der Waals surface area (Å²) in [5, 5.41) is 0.791. The van der Waals surface area contributed by atoms with Crippen LogP contribution < -0.4 is 4.74 Å². The fourth-order valence-corrected chi connectivity index (χ4v) is 2.36. The number of aryl methyl sites for hydroxylation is 1. The quantitative estimate of drug-likeness (QED) is 0.531. The van der Waals surface area contributed by atoms with Gasteiger partial charge in [0.15, 0.2) is 0 Å². The number of hydrogen-bond donors (Lipinski definition) is 0. The lowest BCUT2D eigenvalue weighted by Crippen LogP contribution is -2.03. The van der Waals surface area contributed by atoms with Gasteiger partial charge < -0.3 is 9.47 Å².